The average molecular weight is 348 g/mol. The van der Waals surface area contributed by atoms with E-state index in [1.165, 1.54) is 17.3 Å². The van der Waals surface area contributed by atoms with Gasteiger partial charge in [-0.1, -0.05) is 23.9 Å². The van der Waals surface area contributed by atoms with E-state index in [1.807, 2.05) is 17.0 Å². The summed E-state index contributed by atoms with van der Waals surface area (Å²) in [6.07, 6.45) is 0.536. The minimum absolute atomic E-state index is 0.119. The number of morpholine rings is 1. The van der Waals surface area contributed by atoms with Crippen LogP contribution in [0.25, 0.3) is 0 Å². The highest BCUT2D eigenvalue weighted by Gasteiger charge is 2.30. The van der Waals surface area contributed by atoms with Crippen LogP contribution in [0.3, 0.4) is 0 Å². The number of nitrogens with zero attached hydrogens (tertiary/aromatic N) is 2. The molecule has 1 unspecified atom stereocenters. The Bertz CT molecular complexity index is 602. The number of carbonyl (C=O) groups is 2. The minimum atomic E-state index is 0.119. The number of ether oxygens (including phenoxy) is 1. The van der Waals surface area contributed by atoms with E-state index in [0.29, 0.717) is 13.0 Å². The molecule has 0 bridgehead atoms. The lowest BCUT2D eigenvalue weighted by atomic mass is 10.1. The van der Waals surface area contributed by atoms with E-state index in [0.717, 1.165) is 44.3 Å². The van der Waals surface area contributed by atoms with E-state index in [1.54, 1.807) is 6.92 Å². The molecule has 2 saturated heterocycles. The molecule has 2 aliphatic rings. The molecule has 0 N–H and O–H groups in total. The molecule has 0 radical (unpaired) electrons. The molecule has 2 fully saturated rings. The number of thioether (sulfide) groups is 1. The predicted molar refractivity (Wildman–Crippen MR) is 96.1 cm³/mol. The Hall–Kier alpha value is -1.37. The lowest BCUT2D eigenvalue weighted by molar-refractivity contribution is -0.117. The van der Waals surface area contributed by atoms with Crippen LogP contribution < -0.4 is 4.90 Å². The summed E-state index contributed by atoms with van der Waals surface area (Å²) < 4.78 is 5.39. The first-order chi connectivity index (χ1) is 11.6. The van der Waals surface area contributed by atoms with Crippen LogP contribution in [0.4, 0.5) is 5.69 Å². The summed E-state index contributed by atoms with van der Waals surface area (Å²) in [5, 5.41) is 0.119. The van der Waals surface area contributed by atoms with Gasteiger partial charge in [-0.15, -0.1) is 0 Å². The molecule has 2 aliphatic heterocycles. The maximum Gasteiger partial charge on any atom is 0.227 e. The molecule has 0 aliphatic carbocycles. The molecule has 0 aromatic heterocycles. The predicted octanol–water partition coefficient (Wildman–Crippen LogP) is 2.15. The number of hydrogen-bond donors (Lipinski definition) is 0. The lowest BCUT2D eigenvalue weighted by Gasteiger charge is -2.27. The highest BCUT2D eigenvalue weighted by Crippen LogP contribution is 2.28. The molecule has 6 heteroatoms. The Morgan fingerprint density at radius 3 is 2.88 bits per heavy atom. The number of carbonyl (C=O) groups excluding carboxylic acids is 2. The summed E-state index contributed by atoms with van der Waals surface area (Å²) in [5.41, 5.74) is 2.20. The third kappa shape index (κ3) is 4.59. The first-order valence-electron chi connectivity index (χ1n) is 8.44. The fourth-order valence-electron chi connectivity index (χ4n) is 3.22. The van der Waals surface area contributed by atoms with Crippen LogP contribution in [0.15, 0.2) is 24.3 Å². The van der Waals surface area contributed by atoms with Crippen molar-refractivity contribution in [3.63, 3.8) is 0 Å². The Morgan fingerprint density at radius 1 is 1.33 bits per heavy atom. The van der Waals surface area contributed by atoms with Crippen molar-refractivity contribution in [1.29, 1.82) is 0 Å². The number of rotatable bonds is 5. The molecule has 0 spiro atoms. The maximum atomic E-state index is 12.3. The molecule has 3 rings (SSSR count). The van der Waals surface area contributed by atoms with E-state index >= 15 is 0 Å². The van der Waals surface area contributed by atoms with Gasteiger partial charge in [0.05, 0.1) is 13.2 Å². The molecular weight excluding hydrogens is 324 g/mol. The van der Waals surface area contributed by atoms with Crippen LogP contribution >= 0.6 is 11.8 Å². The van der Waals surface area contributed by atoms with Crippen molar-refractivity contribution in [2.75, 3.05) is 43.5 Å². The zero-order valence-electron chi connectivity index (χ0n) is 14.1. The molecule has 5 nitrogen and oxygen atoms in total. The van der Waals surface area contributed by atoms with Crippen LogP contribution in [0.2, 0.25) is 0 Å². The quantitative estimate of drug-likeness (QED) is 0.816. The van der Waals surface area contributed by atoms with E-state index in [9.17, 15) is 9.59 Å². The largest absolute Gasteiger partial charge is 0.379 e. The Labute approximate surface area is 147 Å². The van der Waals surface area contributed by atoms with Crippen molar-refractivity contribution in [2.45, 2.75) is 19.9 Å². The summed E-state index contributed by atoms with van der Waals surface area (Å²) in [4.78, 5) is 27.7. The summed E-state index contributed by atoms with van der Waals surface area (Å²) in [6.45, 7) is 6.67. The zero-order valence-corrected chi connectivity index (χ0v) is 14.9. The maximum absolute atomic E-state index is 12.3. The third-order valence-electron chi connectivity index (χ3n) is 4.46. The summed E-state index contributed by atoms with van der Waals surface area (Å²) >= 11 is 1.32. The highest BCUT2D eigenvalue weighted by molar-refractivity contribution is 8.13. The van der Waals surface area contributed by atoms with Crippen molar-refractivity contribution < 1.29 is 14.3 Å². The van der Waals surface area contributed by atoms with Crippen molar-refractivity contribution in [2.24, 2.45) is 5.92 Å². The minimum Gasteiger partial charge on any atom is -0.379 e. The van der Waals surface area contributed by atoms with Gasteiger partial charge < -0.3 is 9.64 Å². The van der Waals surface area contributed by atoms with Gasteiger partial charge in [-0.2, -0.15) is 0 Å². The molecule has 1 aromatic rings. The van der Waals surface area contributed by atoms with E-state index in [4.69, 9.17) is 4.74 Å². The Morgan fingerprint density at radius 2 is 2.12 bits per heavy atom. The lowest BCUT2D eigenvalue weighted by Crippen LogP contribution is -2.35. The third-order valence-corrected chi connectivity index (χ3v) is 5.50. The zero-order chi connectivity index (χ0) is 16.9. The number of hydrogen-bond acceptors (Lipinski definition) is 5. The second kappa shape index (κ2) is 8.14. The van der Waals surface area contributed by atoms with Gasteiger partial charge in [0, 0.05) is 51.0 Å². The number of benzene rings is 1. The molecule has 1 amide bonds. The normalized spacial score (nSPS) is 22.1. The SMILES string of the molecule is CC(=O)SCC1CC(=O)N(c2cccc(CN3CCOCC3)c2)C1. The molecular formula is C18H24N2O3S. The van der Waals surface area contributed by atoms with Crippen LogP contribution in [0.5, 0.6) is 0 Å². The van der Waals surface area contributed by atoms with E-state index in [-0.39, 0.29) is 16.9 Å². The fraction of sp³-hybridized carbons (Fsp3) is 0.556. The van der Waals surface area contributed by atoms with Crippen LogP contribution in [0.1, 0.15) is 18.9 Å². The van der Waals surface area contributed by atoms with Gasteiger partial charge >= 0.3 is 0 Å². The second-order valence-corrected chi connectivity index (χ2v) is 7.63. The standard InChI is InChI=1S/C18H24N2O3S/c1-14(21)24-13-16-10-18(22)20(12-16)17-4-2-3-15(9-17)11-19-5-7-23-8-6-19/h2-4,9,16H,5-8,10-13H2,1H3. The number of anilines is 1. The van der Waals surface area contributed by atoms with Crippen molar-refractivity contribution >= 4 is 28.5 Å². The highest BCUT2D eigenvalue weighted by atomic mass is 32.2. The van der Waals surface area contributed by atoms with E-state index < -0.39 is 0 Å². The van der Waals surface area contributed by atoms with Gasteiger partial charge in [0.2, 0.25) is 5.91 Å². The van der Waals surface area contributed by atoms with Gasteiger partial charge in [-0.05, 0) is 23.6 Å². The first kappa shape index (κ1) is 17.5. The summed E-state index contributed by atoms with van der Waals surface area (Å²) in [6, 6.07) is 8.26. The van der Waals surface area contributed by atoms with Gasteiger partial charge in [0.25, 0.3) is 0 Å². The average Bonchev–Trinajstić information content (AvgIpc) is 2.95. The molecule has 24 heavy (non-hydrogen) atoms. The molecule has 1 atom stereocenters. The summed E-state index contributed by atoms with van der Waals surface area (Å²) in [7, 11) is 0. The summed E-state index contributed by atoms with van der Waals surface area (Å²) in [5.74, 6) is 1.15. The topological polar surface area (TPSA) is 49.9 Å². The Balaban J connectivity index is 1.62. The van der Waals surface area contributed by atoms with Gasteiger partial charge in [0.1, 0.15) is 0 Å². The van der Waals surface area contributed by atoms with Gasteiger partial charge in [-0.3, -0.25) is 14.5 Å². The second-order valence-electron chi connectivity index (χ2n) is 6.44. The number of amides is 1. The van der Waals surface area contributed by atoms with Gasteiger partial charge in [-0.25, -0.2) is 0 Å². The van der Waals surface area contributed by atoms with Crippen molar-refractivity contribution in [3.05, 3.63) is 29.8 Å². The van der Waals surface area contributed by atoms with Crippen molar-refractivity contribution in [3.8, 4) is 0 Å². The van der Waals surface area contributed by atoms with Crippen LogP contribution in [0, 0.1) is 5.92 Å². The monoisotopic (exact) mass is 348 g/mol. The fourth-order valence-corrected chi connectivity index (χ4v) is 3.91. The smallest absolute Gasteiger partial charge is 0.227 e. The van der Waals surface area contributed by atoms with E-state index in [2.05, 4.69) is 17.0 Å². The molecule has 0 saturated carbocycles. The van der Waals surface area contributed by atoms with Gasteiger partial charge in [0.15, 0.2) is 5.12 Å². The Kier molecular flexibility index (Phi) is 5.92. The van der Waals surface area contributed by atoms with Crippen LogP contribution in [-0.2, 0) is 20.9 Å². The molecule has 130 valence electrons. The molecule has 2 heterocycles. The van der Waals surface area contributed by atoms with Crippen LogP contribution in [-0.4, -0.2) is 54.5 Å². The van der Waals surface area contributed by atoms with Crippen molar-refractivity contribution in [1.82, 2.24) is 4.90 Å². The first-order valence-corrected chi connectivity index (χ1v) is 9.43. The molecule has 1 aromatic carbocycles.